The highest BCUT2D eigenvalue weighted by atomic mass is 35.5. The maximum absolute atomic E-state index is 12.9. The minimum absolute atomic E-state index is 0.172. The van der Waals surface area contributed by atoms with Crippen molar-refractivity contribution in [3.8, 4) is 0 Å². The van der Waals surface area contributed by atoms with Crippen molar-refractivity contribution >= 4 is 17.5 Å². The number of benzene rings is 3. The number of nitrogens with zero attached hydrogens (tertiary/aromatic N) is 1. The zero-order valence-electron chi connectivity index (χ0n) is 18.1. The average Bonchev–Trinajstić information content (AvgIpc) is 3.27. The summed E-state index contributed by atoms with van der Waals surface area (Å²) in [6, 6.07) is 27.5. The summed E-state index contributed by atoms with van der Waals surface area (Å²) in [6.45, 7) is 3.11. The van der Waals surface area contributed by atoms with E-state index in [9.17, 15) is 4.79 Å². The Hall–Kier alpha value is -2.66. The standard InChI is InChI=1S/C27H29ClN2O2/c28-24-13-7-8-21(18-24)20-32-25-14-16-30(19-25)17-15-27(26(29)31,22-9-3-1-4-10-22)23-11-5-2-6-12-23/h1-13,18,25H,14-17,19-20H2,(H2,29,31)/t25-/m0/s1. The third-order valence-electron chi connectivity index (χ3n) is 6.36. The van der Waals surface area contributed by atoms with Gasteiger partial charge in [0.25, 0.3) is 0 Å². The molecule has 2 N–H and O–H groups in total. The fourth-order valence-corrected chi connectivity index (χ4v) is 4.82. The van der Waals surface area contributed by atoms with Crippen LogP contribution in [0.15, 0.2) is 84.9 Å². The van der Waals surface area contributed by atoms with Crippen LogP contribution in [0.5, 0.6) is 0 Å². The summed E-state index contributed by atoms with van der Waals surface area (Å²) in [7, 11) is 0. The average molecular weight is 449 g/mol. The van der Waals surface area contributed by atoms with Crippen LogP contribution in [0, 0.1) is 0 Å². The van der Waals surface area contributed by atoms with Gasteiger partial charge in [-0.2, -0.15) is 0 Å². The minimum Gasteiger partial charge on any atom is -0.372 e. The van der Waals surface area contributed by atoms with E-state index in [1.165, 1.54) is 0 Å². The second kappa shape index (κ2) is 10.3. The number of hydrogen-bond donors (Lipinski definition) is 1. The summed E-state index contributed by atoms with van der Waals surface area (Å²) >= 11 is 6.07. The number of ether oxygens (including phenoxy) is 1. The number of halogens is 1. The molecule has 0 unspecified atom stereocenters. The molecule has 0 bridgehead atoms. The number of primary amides is 1. The van der Waals surface area contributed by atoms with Gasteiger partial charge in [-0.15, -0.1) is 0 Å². The highest BCUT2D eigenvalue weighted by Gasteiger charge is 2.40. The van der Waals surface area contributed by atoms with Crippen molar-refractivity contribution in [1.82, 2.24) is 4.90 Å². The number of rotatable bonds is 9. The maximum Gasteiger partial charge on any atom is 0.232 e. The van der Waals surface area contributed by atoms with Crippen molar-refractivity contribution in [2.75, 3.05) is 19.6 Å². The van der Waals surface area contributed by atoms with Gasteiger partial charge >= 0.3 is 0 Å². The smallest absolute Gasteiger partial charge is 0.232 e. The molecule has 1 aliphatic rings. The van der Waals surface area contributed by atoms with Gasteiger partial charge in [0.15, 0.2) is 0 Å². The Balaban J connectivity index is 1.44. The molecule has 3 aromatic rings. The van der Waals surface area contributed by atoms with Crippen LogP contribution in [-0.2, 0) is 21.6 Å². The van der Waals surface area contributed by atoms with Gasteiger partial charge in [-0.25, -0.2) is 0 Å². The van der Waals surface area contributed by atoms with Crippen molar-refractivity contribution in [2.24, 2.45) is 5.73 Å². The number of carbonyl (C=O) groups excluding carboxylic acids is 1. The zero-order valence-corrected chi connectivity index (χ0v) is 18.9. The lowest BCUT2D eigenvalue weighted by atomic mass is 9.71. The molecule has 3 aromatic carbocycles. The van der Waals surface area contributed by atoms with E-state index in [1.807, 2.05) is 84.9 Å². The van der Waals surface area contributed by atoms with Crippen LogP contribution in [0.1, 0.15) is 29.5 Å². The van der Waals surface area contributed by atoms with Crippen molar-refractivity contribution in [2.45, 2.75) is 31.0 Å². The Morgan fingerprint density at radius 2 is 1.66 bits per heavy atom. The van der Waals surface area contributed by atoms with Crippen LogP contribution in [0.3, 0.4) is 0 Å². The molecule has 0 saturated carbocycles. The molecule has 1 atom stereocenters. The summed E-state index contributed by atoms with van der Waals surface area (Å²) in [4.78, 5) is 15.3. The van der Waals surface area contributed by atoms with Crippen molar-refractivity contribution < 1.29 is 9.53 Å². The molecule has 0 aliphatic carbocycles. The van der Waals surface area contributed by atoms with Gasteiger partial charge in [0.1, 0.15) is 0 Å². The number of carbonyl (C=O) groups is 1. The number of hydrogen-bond acceptors (Lipinski definition) is 3. The Morgan fingerprint density at radius 3 is 2.25 bits per heavy atom. The largest absolute Gasteiger partial charge is 0.372 e. The molecule has 166 valence electrons. The van der Waals surface area contributed by atoms with Crippen molar-refractivity contribution in [3.05, 3.63) is 107 Å². The van der Waals surface area contributed by atoms with Crippen molar-refractivity contribution in [1.29, 1.82) is 0 Å². The molecular weight excluding hydrogens is 420 g/mol. The molecule has 1 amide bonds. The van der Waals surface area contributed by atoms with Gasteiger partial charge in [0, 0.05) is 18.1 Å². The van der Waals surface area contributed by atoms with Gasteiger partial charge < -0.3 is 15.4 Å². The monoisotopic (exact) mass is 448 g/mol. The predicted octanol–water partition coefficient (Wildman–Crippen LogP) is 4.79. The quantitative estimate of drug-likeness (QED) is 0.512. The summed E-state index contributed by atoms with van der Waals surface area (Å²) in [5.74, 6) is -0.317. The second-order valence-electron chi connectivity index (χ2n) is 8.40. The van der Waals surface area contributed by atoms with Gasteiger partial charge in [-0.1, -0.05) is 84.4 Å². The SMILES string of the molecule is NC(=O)C(CCN1CC[C@H](OCc2cccc(Cl)c2)C1)(c1ccccc1)c1ccccc1. The normalized spacial score (nSPS) is 16.8. The number of likely N-dealkylation sites (tertiary alicyclic amines) is 1. The van der Waals surface area contributed by atoms with Gasteiger partial charge in [0.05, 0.1) is 18.1 Å². The molecule has 5 heteroatoms. The van der Waals surface area contributed by atoms with Gasteiger partial charge in [0.2, 0.25) is 5.91 Å². The summed E-state index contributed by atoms with van der Waals surface area (Å²) in [5.41, 5.74) is 8.17. The third kappa shape index (κ3) is 5.04. The van der Waals surface area contributed by atoms with Crippen LogP contribution in [0.25, 0.3) is 0 Å². The third-order valence-corrected chi connectivity index (χ3v) is 6.60. The fourth-order valence-electron chi connectivity index (χ4n) is 4.61. The van der Waals surface area contributed by atoms with E-state index in [1.54, 1.807) is 0 Å². The molecule has 4 rings (SSSR count). The van der Waals surface area contributed by atoms with Crippen molar-refractivity contribution in [3.63, 3.8) is 0 Å². The van der Waals surface area contributed by atoms with Crippen LogP contribution in [0.4, 0.5) is 0 Å². The number of nitrogens with two attached hydrogens (primary N) is 1. The molecule has 0 aromatic heterocycles. The first kappa shape index (κ1) is 22.5. The summed E-state index contributed by atoms with van der Waals surface area (Å²) in [6.07, 6.45) is 1.77. The van der Waals surface area contributed by atoms with Crippen LogP contribution in [0.2, 0.25) is 5.02 Å². The minimum atomic E-state index is -0.859. The Morgan fingerprint density at radius 1 is 1.00 bits per heavy atom. The molecule has 1 aliphatic heterocycles. The predicted molar refractivity (Wildman–Crippen MR) is 129 cm³/mol. The first-order valence-electron chi connectivity index (χ1n) is 11.1. The van der Waals surface area contributed by atoms with E-state index >= 15 is 0 Å². The fraction of sp³-hybridized carbons (Fsp3) is 0.296. The van der Waals surface area contributed by atoms with Gasteiger partial charge in [-0.3, -0.25) is 4.79 Å². The van der Waals surface area contributed by atoms with Crippen LogP contribution >= 0.6 is 11.6 Å². The van der Waals surface area contributed by atoms with Crippen LogP contribution in [-0.4, -0.2) is 36.5 Å². The van der Waals surface area contributed by atoms with E-state index in [4.69, 9.17) is 22.1 Å². The lowest BCUT2D eigenvalue weighted by Gasteiger charge is -2.33. The molecule has 0 spiro atoms. The molecule has 1 fully saturated rings. The summed E-state index contributed by atoms with van der Waals surface area (Å²) in [5, 5.41) is 0.726. The van der Waals surface area contributed by atoms with E-state index in [2.05, 4.69) is 4.90 Å². The highest BCUT2D eigenvalue weighted by Crippen LogP contribution is 2.36. The first-order chi connectivity index (χ1) is 15.6. The molecule has 32 heavy (non-hydrogen) atoms. The number of amides is 1. The van der Waals surface area contributed by atoms with E-state index in [-0.39, 0.29) is 12.0 Å². The Kier molecular flexibility index (Phi) is 7.26. The highest BCUT2D eigenvalue weighted by molar-refractivity contribution is 6.30. The Bertz CT molecular complexity index is 987. The van der Waals surface area contributed by atoms with E-state index in [0.717, 1.165) is 47.8 Å². The van der Waals surface area contributed by atoms with E-state index < -0.39 is 5.41 Å². The molecule has 4 nitrogen and oxygen atoms in total. The molecular formula is C27H29ClN2O2. The maximum atomic E-state index is 12.9. The molecule has 0 radical (unpaired) electrons. The summed E-state index contributed by atoms with van der Waals surface area (Å²) < 4.78 is 6.13. The molecule has 1 saturated heterocycles. The van der Waals surface area contributed by atoms with Crippen LogP contribution < -0.4 is 5.73 Å². The first-order valence-corrected chi connectivity index (χ1v) is 11.4. The zero-order chi connectivity index (χ0) is 22.4. The second-order valence-corrected chi connectivity index (χ2v) is 8.84. The topological polar surface area (TPSA) is 55.6 Å². The van der Waals surface area contributed by atoms with Gasteiger partial charge in [-0.05, 0) is 48.2 Å². The Labute approximate surface area is 195 Å². The molecule has 1 heterocycles. The lowest BCUT2D eigenvalue weighted by Crippen LogP contribution is -2.44. The lowest BCUT2D eigenvalue weighted by molar-refractivity contribution is -0.122. The van der Waals surface area contributed by atoms with E-state index in [0.29, 0.717) is 13.0 Å².